The van der Waals surface area contributed by atoms with Crippen LogP contribution in [0.2, 0.25) is 0 Å². The zero-order chi connectivity index (χ0) is 33.8. The van der Waals surface area contributed by atoms with Crippen LogP contribution in [0, 0.1) is 11.3 Å². The minimum Gasteiger partial charge on any atom is -0.466 e. The third-order valence-corrected chi connectivity index (χ3v) is 7.81. The number of ether oxygens (including phenoxy) is 1. The molecule has 0 saturated carbocycles. The van der Waals surface area contributed by atoms with Crippen LogP contribution in [0.3, 0.4) is 0 Å². The lowest BCUT2D eigenvalue weighted by Crippen LogP contribution is -2.39. The number of nitrogens with zero attached hydrogens (tertiary/aromatic N) is 7. The number of carbonyl (C=O) groups is 2. The van der Waals surface area contributed by atoms with E-state index in [1.165, 1.54) is 41.0 Å². The zero-order valence-corrected chi connectivity index (χ0v) is 26.3. The van der Waals surface area contributed by atoms with Crippen LogP contribution in [0.15, 0.2) is 64.6 Å². The van der Waals surface area contributed by atoms with E-state index in [9.17, 15) is 32.8 Å². The third-order valence-electron chi connectivity index (χ3n) is 7.81. The number of unbranched alkanes of at least 4 members (excludes halogenated alkanes) is 2. The van der Waals surface area contributed by atoms with Crippen molar-refractivity contribution in [2.45, 2.75) is 44.9 Å². The summed E-state index contributed by atoms with van der Waals surface area (Å²) in [5, 5.41) is 13.8. The van der Waals surface area contributed by atoms with Crippen LogP contribution in [-0.2, 0) is 27.0 Å². The molecule has 0 radical (unpaired) electrons. The van der Waals surface area contributed by atoms with Crippen LogP contribution in [0.1, 0.15) is 48.9 Å². The first-order chi connectivity index (χ1) is 21.8. The number of halogens is 3. The standard InChI is InChI=1S/C32H36F3N7O4/c1-21-27(29(44)46-5)28(23-14-12-22(19-36)13-15-23)42-30(41(21)25-11-9-10-24(18-25)32(33,34)35)37-40(31(42)45)20-26(43)39(4)17-8-6-7-16-38(2)3/h9-15,18,28H,6-8,16-17,20H2,1-5H3. The number of amides is 1. The van der Waals surface area contributed by atoms with Crippen molar-refractivity contribution in [3.8, 4) is 6.07 Å². The Balaban J connectivity index is 1.83. The summed E-state index contributed by atoms with van der Waals surface area (Å²) < 4.78 is 48.4. The monoisotopic (exact) mass is 639 g/mol. The molecule has 244 valence electrons. The fraction of sp³-hybridized carbons (Fsp3) is 0.406. The van der Waals surface area contributed by atoms with E-state index in [4.69, 9.17) is 4.74 Å². The topological polar surface area (TPSA) is 117 Å². The van der Waals surface area contributed by atoms with Gasteiger partial charge in [0.05, 0.1) is 29.9 Å². The van der Waals surface area contributed by atoms with Crippen LogP contribution < -0.4 is 10.6 Å². The smallest absolute Gasteiger partial charge is 0.416 e. The van der Waals surface area contributed by atoms with Crippen molar-refractivity contribution in [3.05, 3.63) is 87.0 Å². The molecule has 0 fully saturated rings. The number of carbonyl (C=O) groups excluding carboxylic acids is 2. The van der Waals surface area contributed by atoms with E-state index >= 15 is 0 Å². The number of anilines is 2. The quantitative estimate of drug-likeness (QED) is 0.225. The van der Waals surface area contributed by atoms with E-state index in [2.05, 4.69) is 10.00 Å². The molecule has 1 aliphatic rings. The van der Waals surface area contributed by atoms with Gasteiger partial charge in [0.1, 0.15) is 12.6 Å². The molecule has 0 bridgehead atoms. The van der Waals surface area contributed by atoms with Gasteiger partial charge in [-0.15, -0.1) is 5.10 Å². The summed E-state index contributed by atoms with van der Waals surface area (Å²) in [6.07, 6.45) is -2.02. The molecule has 4 rings (SSSR count). The molecule has 2 aromatic carbocycles. The molecule has 1 aliphatic heterocycles. The number of rotatable bonds is 11. The van der Waals surface area contributed by atoms with E-state index in [0.29, 0.717) is 17.7 Å². The Bertz CT molecular complexity index is 1720. The number of esters is 1. The number of nitriles is 1. The fourth-order valence-corrected chi connectivity index (χ4v) is 5.37. The van der Waals surface area contributed by atoms with Gasteiger partial charge >= 0.3 is 17.8 Å². The number of likely N-dealkylation sites (N-methyl/N-ethyl adjacent to an activating group) is 1. The number of methoxy groups -OCH3 is 1. The lowest BCUT2D eigenvalue weighted by molar-refractivity contribution is -0.138. The number of alkyl halides is 3. The molecular weight excluding hydrogens is 603 g/mol. The summed E-state index contributed by atoms with van der Waals surface area (Å²) in [5.41, 5.74) is -0.807. The average molecular weight is 640 g/mol. The number of allylic oxidation sites excluding steroid dienone is 1. The molecular formula is C32H36F3N7O4. The Kier molecular flexibility index (Phi) is 10.4. The molecule has 14 heteroatoms. The van der Waals surface area contributed by atoms with Crippen LogP contribution in [-0.4, -0.2) is 77.4 Å². The van der Waals surface area contributed by atoms with Crippen LogP contribution in [0.5, 0.6) is 0 Å². The minimum atomic E-state index is -4.66. The van der Waals surface area contributed by atoms with Crippen molar-refractivity contribution in [3.63, 3.8) is 0 Å². The number of benzene rings is 2. The first-order valence-electron chi connectivity index (χ1n) is 14.6. The first-order valence-corrected chi connectivity index (χ1v) is 14.6. The molecule has 0 spiro atoms. The van der Waals surface area contributed by atoms with Gasteiger partial charge in [-0.3, -0.25) is 9.69 Å². The van der Waals surface area contributed by atoms with Gasteiger partial charge in [-0.1, -0.05) is 24.6 Å². The van der Waals surface area contributed by atoms with E-state index in [1.807, 2.05) is 20.2 Å². The highest BCUT2D eigenvalue weighted by Crippen LogP contribution is 2.43. The van der Waals surface area contributed by atoms with Gasteiger partial charge in [0.2, 0.25) is 11.9 Å². The number of aromatic nitrogens is 3. The maximum atomic E-state index is 14.1. The number of fused-ring (bicyclic) bond motifs is 1. The second-order valence-electron chi connectivity index (χ2n) is 11.3. The number of hydrogen-bond donors (Lipinski definition) is 0. The molecule has 1 atom stereocenters. The highest BCUT2D eigenvalue weighted by Gasteiger charge is 2.41. The molecule has 3 aromatic rings. The Hall–Kier alpha value is -4.90. The molecule has 0 saturated heterocycles. The molecule has 0 aliphatic carbocycles. The Morgan fingerprint density at radius 2 is 1.72 bits per heavy atom. The lowest BCUT2D eigenvalue weighted by atomic mass is 9.93. The van der Waals surface area contributed by atoms with E-state index in [-0.39, 0.29) is 28.8 Å². The summed E-state index contributed by atoms with van der Waals surface area (Å²) >= 11 is 0. The predicted molar refractivity (Wildman–Crippen MR) is 164 cm³/mol. The third kappa shape index (κ3) is 7.15. The molecule has 1 amide bonds. The fourth-order valence-electron chi connectivity index (χ4n) is 5.37. The second-order valence-corrected chi connectivity index (χ2v) is 11.3. The number of hydrogen-bond acceptors (Lipinski definition) is 8. The van der Waals surface area contributed by atoms with Gasteiger partial charge in [-0.05, 0) is 76.3 Å². The van der Waals surface area contributed by atoms with Gasteiger partial charge in [-0.2, -0.15) is 18.4 Å². The van der Waals surface area contributed by atoms with Gasteiger partial charge in [-0.25, -0.2) is 18.8 Å². The highest BCUT2D eigenvalue weighted by atomic mass is 19.4. The molecule has 2 heterocycles. The van der Waals surface area contributed by atoms with Crippen molar-refractivity contribution >= 4 is 23.5 Å². The SMILES string of the molecule is COC(=O)C1=C(C)N(c2cccc(C(F)(F)F)c2)c2nn(CC(=O)N(C)CCCCCN(C)C)c(=O)n2C1c1ccc(C#N)cc1. The Morgan fingerprint density at radius 3 is 2.33 bits per heavy atom. The predicted octanol–water partition coefficient (Wildman–Crippen LogP) is 4.31. The normalized spacial score (nSPS) is 14.7. The van der Waals surface area contributed by atoms with Gasteiger partial charge in [0.25, 0.3) is 0 Å². The van der Waals surface area contributed by atoms with Crippen molar-refractivity contribution < 1.29 is 27.5 Å². The van der Waals surface area contributed by atoms with Crippen LogP contribution in [0.4, 0.5) is 24.8 Å². The summed E-state index contributed by atoms with van der Waals surface area (Å²) in [5.74, 6) is -1.30. The van der Waals surface area contributed by atoms with E-state index < -0.39 is 36.0 Å². The van der Waals surface area contributed by atoms with Crippen LogP contribution in [0.25, 0.3) is 0 Å². The summed E-state index contributed by atoms with van der Waals surface area (Å²) in [4.78, 5) is 45.5. The van der Waals surface area contributed by atoms with Gasteiger partial charge < -0.3 is 14.5 Å². The largest absolute Gasteiger partial charge is 0.466 e. The molecule has 1 aromatic heterocycles. The maximum Gasteiger partial charge on any atom is 0.416 e. The molecule has 0 N–H and O–H groups in total. The summed E-state index contributed by atoms with van der Waals surface area (Å²) in [6.45, 7) is 2.48. The zero-order valence-electron chi connectivity index (χ0n) is 26.3. The second kappa shape index (κ2) is 14.0. The Labute approximate surface area is 264 Å². The summed E-state index contributed by atoms with van der Waals surface area (Å²) in [7, 11) is 6.76. The van der Waals surface area contributed by atoms with Crippen molar-refractivity contribution in [1.29, 1.82) is 5.26 Å². The van der Waals surface area contributed by atoms with Crippen molar-refractivity contribution in [2.24, 2.45) is 0 Å². The minimum absolute atomic E-state index is 0.00780. The maximum absolute atomic E-state index is 14.1. The molecule has 46 heavy (non-hydrogen) atoms. The molecule has 11 nitrogen and oxygen atoms in total. The molecule has 1 unspecified atom stereocenters. The Morgan fingerprint density at radius 1 is 1.04 bits per heavy atom. The first kappa shape index (κ1) is 34.0. The van der Waals surface area contributed by atoms with Crippen LogP contribution >= 0.6 is 0 Å². The van der Waals surface area contributed by atoms with E-state index in [0.717, 1.165) is 54.3 Å². The van der Waals surface area contributed by atoms with Crippen molar-refractivity contribution in [1.82, 2.24) is 24.1 Å². The van der Waals surface area contributed by atoms with E-state index in [1.54, 1.807) is 19.2 Å². The average Bonchev–Trinajstić information content (AvgIpc) is 3.33. The van der Waals surface area contributed by atoms with Gasteiger partial charge in [0.15, 0.2) is 0 Å². The van der Waals surface area contributed by atoms with Crippen molar-refractivity contribution in [2.75, 3.05) is 46.2 Å². The lowest BCUT2D eigenvalue weighted by Gasteiger charge is -2.35. The summed E-state index contributed by atoms with van der Waals surface area (Å²) in [6, 6.07) is 11.5. The van der Waals surface area contributed by atoms with Gasteiger partial charge in [0, 0.05) is 25.0 Å². The highest BCUT2D eigenvalue weighted by molar-refractivity contribution is 5.93.